The number of nitro benzene ring substituents is 1. The van der Waals surface area contributed by atoms with Crippen molar-refractivity contribution in [2.45, 2.75) is 27.2 Å². The van der Waals surface area contributed by atoms with Crippen LogP contribution in [0.15, 0.2) is 36.4 Å². The zero-order chi connectivity index (χ0) is 22.7. The number of carbonyl (C=O) groups is 3. The number of fused-ring (bicyclic) bond motifs is 1. The number of amides is 2. The van der Waals surface area contributed by atoms with Crippen LogP contribution in [0, 0.1) is 24.0 Å². The van der Waals surface area contributed by atoms with Crippen molar-refractivity contribution in [1.29, 1.82) is 0 Å². The molecular formula is C22H23N3O6. The molecule has 0 unspecified atom stereocenters. The molecule has 0 radical (unpaired) electrons. The fourth-order valence-electron chi connectivity index (χ4n) is 3.54. The van der Waals surface area contributed by atoms with Crippen LogP contribution in [-0.4, -0.2) is 42.4 Å². The van der Waals surface area contributed by atoms with E-state index in [0.717, 1.165) is 5.56 Å². The molecule has 0 N–H and O–H groups in total. The molecule has 0 fully saturated rings. The molecule has 9 nitrogen and oxygen atoms in total. The van der Waals surface area contributed by atoms with Gasteiger partial charge in [0.15, 0.2) is 0 Å². The summed E-state index contributed by atoms with van der Waals surface area (Å²) in [7, 11) is 0. The molecule has 9 heteroatoms. The molecule has 2 amide bonds. The van der Waals surface area contributed by atoms with Crippen molar-refractivity contribution in [3.05, 3.63) is 63.2 Å². The van der Waals surface area contributed by atoms with Crippen LogP contribution in [-0.2, 0) is 14.3 Å². The Hall–Kier alpha value is -3.75. The first-order valence-electron chi connectivity index (χ1n) is 9.86. The van der Waals surface area contributed by atoms with Gasteiger partial charge in [0, 0.05) is 30.2 Å². The van der Waals surface area contributed by atoms with Crippen LogP contribution >= 0.6 is 0 Å². The summed E-state index contributed by atoms with van der Waals surface area (Å²) in [6.45, 7) is 5.17. The minimum absolute atomic E-state index is 0.0187. The molecule has 1 aliphatic heterocycles. The second-order valence-corrected chi connectivity index (χ2v) is 7.24. The van der Waals surface area contributed by atoms with Crippen LogP contribution in [0.2, 0.25) is 0 Å². The third kappa shape index (κ3) is 4.55. The minimum atomic E-state index is -0.533. The van der Waals surface area contributed by atoms with E-state index in [2.05, 4.69) is 0 Å². The van der Waals surface area contributed by atoms with Crippen molar-refractivity contribution < 1.29 is 24.0 Å². The van der Waals surface area contributed by atoms with Gasteiger partial charge in [-0.2, -0.15) is 0 Å². The molecule has 0 bridgehead atoms. The molecule has 0 saturated carbocycles. The van der Waals surface area contributed by atoms with Crippen LogP contribution in [0.4, 0.5) is 17.1 Å². The summed E-state index contributed by atoms with van der Waals surface area (Å²) in [6, 6.07) is 9.48. The second-order valence-electron chi connectivity index (χ2n) is 7.24. The number of rotatable bonds is 5. The number of hydrogen-bond donors (Lipinski definition) is 0. The van der Waals surface area contributed by atoms with Gasteiger partial charge >= 0.3 is 5.97 Å². The monoisotopic (exact) mass is 425 g/mol. The van der Waals surface area contributed by atoms with Gasteiger partial charge in [-0.3, -0.25) is 29.4 Å². The van der Waals surface area contributed by atoms with Gasteiger partial charge in [0.2, 0.25) is 5.91 Å². The average Bonchev–Trinajstić information content (AvgIpc) is 2.84. The maximum Gasteiger partial charge on any atom is 0.326 e. The number of nitro groups is 1. The van der Waals surface area contributed by atoms with E-state index in [-0.39, 0.29) is 49.2 Å². The standard InChI is InChI=1S/C22H23N3O6/c1-4-31-21(27)13-24-19-11-14(2)5-7-18(19)23(10-9-20(24)26)22(28)16-6-8-17(25(29)30)15(3)12-16/h5-8,11-12H,4,9-10,13H2,1-3H3. The maximum atomic E-state index is 13.3. The molecule has 2 aromatic rings. The highest BCUT2D eigenvalue weighted by atomic mass is 16.6. The van der Waals surface area contributed by atoms with Gasteiger partial charge in [-0.05, 0) is 50.6 Å². The Morgan fingerprint density at radius 2 is 1.87 bits per heavy atom. The number of aryl methyl sites for hydroxylation is 2. The zero-order valence-electron chi connectivity index (χ0n) is 17.6. The SMILES string of the molecule is CCOC(=O)CN1C(=O)CCN(C(=O)c2ccc([N+](=O)[O-])c(C)c2)c2ccc(C)cc21. The molecule has 0 aromatic heterocycles. The normalized spacial score (nSPS) is 13.5. The summed E-state index contributed by atoms with van der Waals surface area (Å²) in [5, 5.41) is 11.1. The number of carbonyl (C=O) groups excluding carboxylic acids is 3. The molecule has 162 valence electrons. The van der Waals surface area contributed by atoms with Crippen molar-refractivity contribution in [2.75, 3.05) is 29.5 Å². The van der Waals surface area contributed by atoms with Crippen LogP contribution in [0.25, 0.3) is 0 Å². The van der Waals surface area contributed by atoms with Gasteiger partial charge in [-0.25, -0.2) is 0 Å². The van der Waals surface area contributed by atoms with Gasteiger partial charge in [-0.1, -0.05) is 6.07 Å². The summed E-state index contributed by atoms with van der Waals surface area (Å²) in [6.07, 6.45) is 0.0187. The lowest BCUT2D eigenvalue weighted by Gasteiger charge is -2.25. The van der Waals surface area contributed by atoms with E-state index in [1.807, 2.05) is 13.0 Å². The highest BCUT2D eigenvalue weighted by Gasteiger charge is 2.31. The predicted octanol–water partition coefficient (Wildman–Crippen LogP) is 3.16. The predicted molar refractivity (Wildman–Crippen MR) is 114 cm³/mol. The second kappa shape index (κ2) is 8.95. The topological polar surface area (TPSA) is 110 Å². The molecule has 0 saturated heterocycles. The van der Waals surface area contributed by atoms with E-state index in [0.29, 0.717) is 16.9 Å². The van der Waals surface area contributed by atoms with Crippen LogP contribution in [0.3, 0.4) is 0 Å². The van der Waals surface area contributed by atoms with Gasteiger partial charge in [0.1, 0.15) is 6.54 Å². The lowest BCUT2D eigenvalue weighted by Crippen LogP contribution is -2.36. The van der Waals surface area contributed by atoms with Crippen molar-refractivity contribution in [3.63, 3.8) is 0 Å². The third-order valence-corrected chi connectivity index (χ3v) is 5.04. The fourth-order valence-corrected chi connectivity index (χ4v) is 3.54. The van der Waals surface area contributed by atoms with E-state index in [4.69, 9.17) is 4.74 Å². The van der Waals surface area contributed by atoms with E-state index >= 15 is 0 Å². The van der Waals surface area contributed by atoms with E-state index < -0.39 is 10.9 Å². The van der Waals surface area contributed by atoms with Gasteiger partial charge in [-0.15, -0.1) is 0 Å². The van der Waals surface area contributed by atoms with Crippen molar-refractivity contribution in [1.82, 2.24) is 0 Å². The van der Waals surface area contributed by atoms with Crippen LogP contribution in [0.1, 0.15) is 34.8 Å². The Bertz CT molecular complexity index is 1070. The number of anilines is 2. The summed E-state index contributed by atoms with van der Waals surface area (Å²) >= 11 is 0. The van der Waals surface area contributed by atoms with Crippen LogP contribution in [0.5, 0.6) is 0 Å². The Kier molecular flexibility index (Phi) is 6.33. The Labute approximate surface area is 179 Å². The van der Waals surface area contributed by atoms with Crippen molar-refractivity contribution >= 4 is 34.8 Å². The zero-order valence-corrected chi connectivity index (χ0v) is 17.6. The molecule has 31 heavy (non-hydrogen) atoms. The molecule has 2 aromatic carbocycles. The van der Waals surface area contributed by atoms with Crippen LogP contribution < -0.4 is 9.80 Å². The van der Waals surface area contributed by atoms with Crippen molar-refractivity contribution in [2.24, 2.45) is 0 Å². The van der Waals surface area contributed by atoms with Gasteiger partial charge in [0.05, 0.1) is 22.9 Å². The summed E-state index contributed by atoms with van der Waals surface area (Å²) < 4.78 is 5.00. The third-order valence-electron chi connectivity index (χ3n) is 5.04. The van der Waals surface area contributed by atoms with E-state index in [1.54, 1.807) is 26.0 Å². The molecule has 0 atom stereocenters. The summed E-state index contributed by atoms with van der Waals surface area (Å²) in [4.78, 5) is 51.6. The fraction of sp³-hybridized carbons (Fsp3) is 0.318. The number of esters is 1. The largest absolute Gasteiger partial charge is 0.465 e. The van der Waals surface area contributed by atoms with E-state index in [1.165, 1.54) is 28.0 Å². The summed E-state index contributed by atoms with van der Waals surface area (Å²) in [5.41, 5.74) is 2.38. The first-order chi connectivity index (χ1) is 14.7. The molecule has 0 spiro atoms. The number of nitrogens with zero attached hydrogens (tertiary/aromatic N) is 3. The highest BCUT2D eigenvalue weighted by Crippen LogP contribution is 2.35. The lowest BCUT2D eigenvalue weighted by atomic mass is 10.1. The summed E-state index contributed by atoms with van der Waals surface area (Å²) in [5.74, 6) is -1.21. The molecule has 0 aliphatic carbocycles. The molecule has 1 heterocycles. The number of hydrogen-bond acceptors (Lipinski definition) is 6. The first kappa shape index (κ1) is 21.9. The Morgan fingerprint density at radius 3 is 2.52 bits per heavy atom. The van der Waals surface area contributed by atoms with Crippen molar-refractivity contribution in [3.8, 4) is 0 Å². The molecule has 3 rings (SSSR count). The van der Waals surface area contributed by atoms with E-state index in [9.17, 15) is 24.5 Å². The first-order valence-corrected chi connectivity index (χ1v) is 9.86. The minimum Gasteiger partial charge on any atom is -0.465 e. The quantitative estimate of drug-likeness (QED) is 0.413. The maximum absolute atomic E-state index is 13.3. The Morgan fingerprint density at radius 1 is 1.13 bits per heavy atom. The lowest BCUT2D eigenvalue weighted by molar-refractivity contribution is -0.385. The number of ether oxygens (including phenoxy) is 1. The van der Waals surface area contributed by atoms with Gasteiger partial charge < -0.3 is 9.64 Å². The smallest absolute Gasteiger partial charge is 0.326 e. The Balaban J connectivity index is 2.02. The van der Waals surface area contributed by atoms with Gasteiger partial charge in [0.25, 0.3) is 11.6 Å². The number of benzene rings is 2. The molecule has 1 aliphatic rings. The molecular weight excluding hydrogens is 402 g/mol. The average molecular weight is 425 g/mol. The highest BCUT2D eigenvalue weighted by molar-refractivity contribution is 6.12.